The molecule has 6 nitrogen and oxygen atoms in total. The highest BCUT2D eigenvalue weighted by atomic mass is 19.1. The summed E-state index contributed by atoms with van der Waals surface area (Å²) in [6, 6.07) is 9.72. The number of aromatic nitrogens is 1. The maximum absolute atomic E-state index is 13.6. The van der Waals surface area contributed by atoms with Crippen molar-refractivity contribution in [1.82, 2.24) is 4.98 Å². The molecular formula is C21H20FNO5. The van der Waals surface area contributed by atoms with Crippen molar-refractivity contribution in [3.8, 4) is 28.5 Å². The topological polar surface area (TPSA) is 77.9 Å². The minimum absolute atomic E-state index is 0.187. The highest BCUT2D eigenvalue weighted by Gasteiger charge is 2.21. The Hall–Kier alpha value is -3.35. The van der Waals surface area contributed by atoms with Crippen LogP contribution in [-0.4, -0.2) is 36.4 Å². The maximum Gasteiger partial charge on any atom is 0.344 e. The minimum atomic E-state index is -1.11. The molecular weight excluding hydrogens is 365 g/mol. The van der Waals surface area contributed by atoms with Crippen LogP contribution in [0.2, 0.25) is 0 Å². The maximum atomic E-state index is 13.6. The Balaban J connectivity index is 2.15. The average molecular weight is 385 g/mol. The standard InChI is InChI=1S/C21H20FNO5/c1-11-7-16(23-17-10-14(22)5-6-15(11)17)13-8-18(26-3)20(19(9-13)27-4)28-12(2)21(24)25/h5-10,12H,1-4H3,(H,24,25). The molecule has 0 aliphatic rings. The summed E-state index contributed by atoms with van der Waals surface area (Å²) in [5, 5.41) is 9.97. The summed E-state index contributed by atoms with van der Waals surface area (Å²) in [5.74, 6) is -0.671. The van der Waals surface area contributed by atoms with Crippen molar-refractivity contribution in [2.24, 2.45) is 0 Å². The summed E-state index contributed by atoms with van der Waals surface area (Å²) < 4.78 is 29.9. The number of fused-ring (bicyclic) bond motifs is 1. The van der Waals surface area contributed by atoms with Gasteiger partial charge in [0.05, 0.1) is 25.4 Å². The van der Waals surface area contributed by atoms with Gasteiger partial charge in [-0.3, -0.25) is 0 Å². The van der Waals surface area contributed by atoms with E-state index in [4.69, 9.17) is 19.3 Å². The molecule has 0 aliphatic carbocycles. The second kappa shape index (κ2) is 7.72. The lowest BCUT2D eigenvalue weighted by atomic mass is 10.0. The fourth-order valence-electron chi connectivity index (χ4n) is 2.89. The summed E-state index contributed by atoms with van der Waals surface area (Å²) in [7, 11) is 2.90. The van der Waals surface area contributed by atoms with Crippen LogP contribution in [0.3, 0.4) is 0 Å². The van der Waals surface area contributed by atoms with E-state index in [1.807, 2.05) is 13.0 Å². The first-order chi connectivity index (χ1) is 13.3. The molecule has 2 aromatic carbocycles. The minimum Gasteiger partial charge on any atom is -0.493 e. The molecule has 0 spiro atoms. The number of methoxy groups -OCH3 is 2. The third kappa shape index (κ3) is 3.69. The first-order valence-corrected chi connectivity index (χ1v) is 8.56. The van der Waals surface area contributed by atoms with E-state index in [1.165, 1.54) is 33.3 Å². The van der Waals surface area contributed by atoms with Crippen LogP contribution in [0, 0.1) is 12.7 Å². The van der Waals surface area contributed by atoms with Crippen molar-refractivity contribution in [1.29, 1.82) is 0 Å². The van der Waals surface area contributed by atoms with E-state index in [9.17, 15) is 9.18 Å². The van der Waals surface area contributed by atoms with E-state index < -0.39 is 12.1 Å². The molecule has 1 heterocycles. The number of hydrogen-bond donors (Lipinski definition) is 1. The molecule has 1 atom stereocenters. The van der Waals surface area contributed by atoms with Gasteiger partial charge < -0.3 is 19.3 Å². The van der Waals surface area contributed by atoms with Gasteiger partial charge >= 0.3 is 5.97 Å². The predicted molar refractivity (Wildman–Crippen MR) is 103 cm³/mol. The molecule has 3 aromatic rings. The van der Waals surface area contributed by atoms with Crippen molar-refractivity contribution >= 4 is 16.9 Å². The second-order valence-corrected chi connectivity index (χ2v) is 6.29. The summed E-state index contributed by atoms with van der Waals surface area (Å²) in [5.41, 5.74) is 2.74. The number of aliphatic carboxylic acids is 1. The summed E-state index contributed by atoms with van der Waals surface area (Å²) in [6.45, 7) is 3.34. The fourth-order valence-corrected chi connectivity index (χ4v) is 2.89. The Morgan fingerprint density at radius 3 is 2.32 bits per heavy atom. The zero-order chi connectivity index (χ0) is 20.4. The Kier molecular flexibility index (Phi) is 5.35. The van der Waals surface area contributed by atoms with Gasteiger partial charge in [0.2, 0.25) is 5.75 Å². The first kappa shape index (κ1) is 19.4. The number of benzene rings is 2. The molecule has 1 N–H and O–H groups in total. The Morgan fingerprint density at radius 1 is 1.11 bits per heavy atom. The van der Waals surface area contributed by atoms with Gasteiger partial charge in [-0.25, -0.2) is 14.2 Å². The molecule has 7 heteroatoms. The normalized spacial score (nSPS) is 11.9. The number of nitrogens with zero attached hydrogens (tertiary/aromatic N) is 1. The van der Waals surface area contributed by atoms with Crippen LogP contribution in [-0.2, 0) is 4.79 Å². The third-order valence-corrected chi connectivity index (χ3v) is 4.38. The van der Waals surface area contributed by atoms with Gasteiger partial charge in [-0.2, -0.15) is 0 Å². The number of ether oxygens (including phenoxy) is 3. The molecule has 3 rings (SSSR count). The molecule has 1 unspecified atom stereocenters. The molecule has 0 radical (unpaired) electrons. The van der Waals surface area contributed by atoms with Crippen molar-refractivity contribution in [3.05, 3.63) is 47.8 Å². The summed E-state index contributed by atoms with van der Waals surface area (Å²) >= 11 is 0. The van der Waals surface area contributed by atoms with Crippen molar-refractivity contribution in [2.45, 2.75) is 20.0 Å². The number of carboxylic acid groups (broad SMARTS) is 1. The monoisotopic (exact) mass is 385 g/mol. The number of carbonyl (C=O) groups is 1. The molecule has 0 fully saturated rings. The van der Waals surface area contributed by atoms with E-state index in [0.717, 1.165) is 10.9 Å². The molecule has 0 saturated heterocycles. The average Bonchev–Trinajstić information content (AvgIpc) is 2.67. The third-order valence-electron chi connectivity index (χ3n) is 4.38. The van der Waals surface area contributed by atoms with E-state index in [2.05, 4.69) is 4.98 Å². The van der Waals surface area contributed by atoms with Crippen molar-refractivity contribution < 1.29 is 28.5 Å². The van der Waals surface area contributed by atoms with Gasteiger partial charge in [0, 0.05) is 17.0 Å². The zero-order valence-electron chi connectivity index (χ0n) is 15.9. The number of pyridine rings is 1. The zero-order valence-corrected chi connectivity index (χ0v) is 15.9. The van der Waals surface area contributed by atoms with Crippen LogP contribution in [0.25, 0.3) is 22.2 Å². The highest BCUT2D eigenvalue weighted by Crippen LogP contribution is 2.42. The van der Waals surface area contributed by atoms with Gasteiger partial charge in [0.25, 0.3) is 0 Å². The van der Waals surface area contributed by atoms with E-state index >= 15 is 0 Å². The Morgan fingerprint density at radius 2 is 1.75 bits per heavy atom. The summed E-state index contributed by atoms with van der Waals surface area (Å²) in [4.78, 5) is 15.7. The predicted octanol–water partition coefficient (Wildman–Crippen LogP) is 4.22. The number of hydrogen-bond acceptors (Lipinski definition) is 5. The van der Waals surface area contributed by atoms with Gasteiger partial charge in [0.15, 0.2) is 17.6 Å². The van der Waals surface area contributed by atoms with Crippen LogP contribution >= 0.6 is 0 Å². The largest absolute Gasteiger partial charge is 0.493 e. The summed E-state index contributed by atoms with van der Waals surface area (Å²) in [6.07, 6.45) is -1.09. The first-order valence-electron chi connectivity index (χ1n) is 8.56. The smallest absolute Gasteiger partial charge is 0.344 e. The Labute approximate surface area is 161 Å². The lowest BCUT2D eigenvalue weighted by Crippen LogP contribution is -2.23. The number of carboxylic acids is 1. The quantitative estimate of drug-likeness (QED) is 0.685. The van der Waals surface area contributed by atoms with Gasteiger partial charge in [0.1, 0.15) is 5.82 Å². The van der Waals surface area contributed by atoms with Crippen LogP contribution in [0.5, 0.6) is 17.2 Å². The SMILES string of the molecule is COc1cc(-c2cc(C)c3ccc(F)cc3n2)cc(OC)c1OC(C)C(=O)O. The lowest BCUT2D eigenvalue weighted by molar-refractivity contribution is -0.144. The molecule has 0 aliphatic heterocycles. The molecule has 0 saturated carbocycles. The van der Waals surface area contributed by atoms with Crippen molar-refractivity contribution in [2.75, 3.05) is 14.2 Å². The molecule has 28 heavy (non-hydrogen) atoms. The van der Waals surface area contributed by atoms with Crippen LogP contribution < -0.4 is 14.2 Å². The van der Waals surface area contributed by atoms with Gasteiger partial charge in [-0.15, -0.1) is 0 Å². The van der Waals surface area contributed by atoms with Crippen molar-refractivity contribution in [3.63, 3.8) is 0 Å². The van der Waals surface area contributed by atoms with E-state index in [0.29, 0.717) is 28.3 Å². The lowest BCUT2D eigenvalue weighted by Gasteiger charge is -2.18. The van der Waals surface area contributed by atoms with Gasteiger partial charge in [-0.05, 0) is 49.7 Å². The molecule has 146 valence electrons. The molecule has 1 aromatic heterocycles. The molecule has 0 amide bonds. The Bertz CT molecular complexity index is 1030. The number of rotatable bonds is 6. The number of halogens is 1. The van der Waals surface area contributed by atoms with E-state index in [-0.39, 0.29) is 11.6 Å². The van der Waals surface area contributed by atoms with Crippen LogP contribution in [0.1, 0.15) is 12.5 Å². The van der Waals surface area contributed by atoms with Crippen LogP contribution in [0.4, 0.5) is 4.39 Å². The van der Waals surface area contributed by atoms with E-state index in [1.54, 1.807) is 18.2 Å². The highest BCUT2D eigenvalue weighted by molar-refractivity contribution is 5.85. The second-order valence-electron chi connectivity index (χ2n) is 6.29. The fraction of sp³-hybridized carbons (Fsp3) is 0.238. The number of aryl methyl sites for hydroxylation is 1. The van der Waals surface area contributed by atoms with Gasteiger partial charge in [-0.1, -0.05) is 0 Å². The molecule has 0 bridgehead atoms. The van der Waals surface area contributed by atoms with Crippen LogP contribution in [0.15, 0.2) is 36.4 Å².